The van der Waals surface area contributed by atoms with E-state index in [0.29, 0.717) is 35.8 Å². The number of rotatable bonds is 7. The van der Waals surface area contributed by atoms with Crippen LogP contribution >= 0.6 is 11.6 Å². The summed E-state index contributed by atoms with van der Waals surface area (Å²) in [6, 6.07) is 3.39. The van der Waals surface area contributed by atoms with E-state index in [9.17, 15) is 4.79 Å². The molecular weight excluding hydrogens is 332 g/mol. The third kappa shape index (κ3) is 3.12. The zero-order valence-electron chi connectivity index (χ0n) is 13.5. The van der Waals surface area contributed by atoms with Crippen molar-refractivity contribution in [2.75, 3.05) is 20.3 Å². The summed E-state index contributed by atoms with van der Waals surface area (Å²) in [5, 5.41) is 0. The molecule has 0 N–H and O–H groups in total. The van der Waals surface area contributed by atoms with Crippen LogP contribution in [0.3, 0.4) is 0 Å². The number of ether oxygens (including phenoxy) is 3. The van der Waals surface area contributed by atoms with Gasteiger partial charge in [0, 0.05) is 6.61 Å². The Morgan fingerprint density at radius 3 is 2.96 bits per heavy atom. The van der Waals surface area contributed by atoms with E-state index >= 15 is 0 Å². The molecule has 0 amide bonds. The Morgan fingerprint density at radius 2 is 2.38 bits per heavy atom. The number of alkyl halides is 1. The minimum atomic E-state index is -0.430. The third-order valence-corrected chi connectivity index (χ3v) is 4.21. The lowest BCUT2D eigenvalue weighted by molar-refractivity contribution is -0.0589. The van der Waals surface area contributed by atoms with Crippen LogP contribution in [0.4, 0.5) is 0 Å². The van der Waals surface area contributed by atoms with Crippen molar-refractivity contribution in [1.29, 1.82) is 0 Å². The Hall–Kier alpha value is -2.05. The molecule has 128 valence electrons. The van der Waals surface area contributed by atoms with Gasteiger partial charge in [-0.2, -0.15) is 0 Å². The van der Waals surface area contributed by atoms with Crippen molar-refractivity contribution in [3.63, 3.8) is 0 Å². The van der Waals surface area contributed by atoms with E-state index < -0.39 is 5.97 Å². The molecule has 2 aromatic rings. The zero-order chi connectivity index (χ0) is 17.1. The van der Waals surface area contributed by atoms with Crippen molar-refractivity contribution in [1.82, 2.24) is 9.55 Å². The van der Waals surface area contributed by atoms with Crippen LogP contribution in [0.2, 0.25) is 0 Å². The van der Waals surface area contributed by atoms with Crippen LogP contribution in [-0.4, -0.2) is 41.9 Å². The molecule has 1 aliphatic rings. The molecule has 0 radical (unpaired) electrons. The number of fused-ring (bicyclic) bond motifs is 1. The summed E-state index contributed by atoms with van der Waals surface area (Å²) in [5.74, 6) is 1.05. The lowest BCUT2D eigenvalue weighted by Crippen LogP contribution is -2.31. The molecule has 0 spiro atoms. The number of methoxy groups -OCH3 is 1. The Bertz CT molecular complexity index is 768. The molecule has 0 unspecified atom stereocenters. The first-order valence-electron chi connectivity index (χ1n) is 7.70. The quantitative estimate of drug-likeness (QED) is 0.436. The van der Waals surface area contributed by atoms with Gasteiger partial charge in [-0.1, -0.05) is 12.7 Å². The average molecular weight is 351 g/mol. The molecule has 1 aromatic heterocycles. The van der Waals surface area contributed by atoms with Crippen LogP contribution in [0.5, 0.6) is 5.75 Å². The summed E-state index contributed by atoms with van der Waals surface area (Å²) in [6.45, 7) is 5.38. The number of nitrogens with zero attached hydrogens (tertiary/aromatic N) is 2. The van der Waals surface area contributed by atoms with Crippen LogP contribution in [0.15, 0.2) is 24.8 Å². The molecule has 7 heteroatoms. The number of esters is 1. The van der Waals surface area contributed by atoms with Crippen LogP contribution < -0.4 is 4.74 Å². The molecule has 0 saturated carbocycles. The standard InChI is InChI=1S/C17H19ClN2O4/c1-3-5-24-14-8-11(17(21)22-2)7-13-16(14)19-15(9-18)20(13)10-12-4-6-23-12/h3,7-8,12H,1,4-6,9-10H2,2H3/t12-/m0/s1. The molecule has 2 heterocycles. The SMILES string of the molecule is C=CCOc1cc(C(=O)OC)cc2c1nc(CCl)n2C[C@@H]1CCO1. The van der Waals surface area contributed by atoms with E-state index in [1.54, 1.807) is 18.2 Å². The van der Waals surface area contributed by atoms with Crippen LogP contribution in [0, 0.1) is 0 Å². The normalized spacial score (nSPS) is 16.7. The van der Waals surface area contributed by atoms with Gasteiger partial charge < -0.3 is 18.8 Å². The highest BCUT2D eigenvalue weighted by molar-refractivity contribution is 6.17. The lowest BCUT2D eigenvalue weighted by atomic mass is 10.1. The predicted molar refractivity (Wildman–Crippen MR) is 90.7 cm³/mol. The first-order valence-corrected chi connectivity index (χ1v) is 8.24. The van der Waals surface area contributed by atoms with Gasteiger partial charge in [0.1, 0.15) is 23.7 Å². The van der Waals surface area contributed by atoms with E-state index in [-0.39, 0.29) is 12.0 Å². The van der Waals surface area contributed by atoms with Gasteiger partial charge in [-0.3, -0.25) is 0 Å². The smallest absolute Gasteiger partial charge is 0.338 e. The first-order chi connectivity index (χ1) is 11.7. The number of carbonyl (C=O) groups excluding carboxylic acids is 1. The van der Waals surface area contributed by atoms with Crippen molar-refractivity contribution in [2.24, 2.45) is 0 Å². The van der Waals surface area contributed by atoms with Crippen molar-refractivity contribution in [3.05, 3.63) is 36.2 Å². The Morgan fingerprint density at radius 1 is 1.58 bits per heavy atom. The fourth-order valence-corrected chi connectivity index (χ4v) is 2.88. The first kappa shape index (κ1) is 16.8. The molecule has 6 nitrogen and oxygen atoms in total. The Labute approximate surface area is 145 Å². The van der Waals surface area contributed by atoms with Crippen LogP contribution in [-0.2, 0) is 21.9 Å². The second-order valence-corrected chi connectivity index (χ2v) is 5.75. The van der Waals surface area contributed by atoms with Gasteiger partial charge in [0.15, 0.2) is 0 Å². The van der Waals surface area contributed by atoms with Crippen molar-refractivity contribution >= 4 is 28.6 Å². The van der Waals surface area contributed by atoms with Gasteiger partial charge in [0.25, 0.3) is 0 Å². The summed E-state index contributed by atoms with van der Waals surface area (Å²) < 4.78 is 18.0. The monoisotopic (exact) mass is 350 g/mol. The average Bonchev–Trinajstić information content (AvgIpc) is 2.92. The highest BCUT2D eigenvalue weighted by atomic mass is 35.5. The number of benzene rings is 1. The van der Waals surface area contributed by atoms with Gasteiger partial charge in [0.2, 0.25) is 0 Å². The lowest BCUT2D eigenvalue weighted by Gasteiger charge is -2.27. The maximum atomic E-state index is 12.0. The summed E-state index contributed by atoms with van der Waals surface area (Å²) >= 11 is 6.06. The molecule has 1 fully saturated rings. The zero-order valence-corrected chi connectivity index (χ0v) is 14.2. The molecule has 3 rings (SSSR count). The molecule has 1 atom stereocenters. The molecular formula is C17H19ClN2O4. The van der Waals surface area contributed by atoms with Gasteiger partial charge >= 0.3 is 5.97 Å². The summed E-state index contributed by atoms with van der Waals surface area (Å²) in [7, 11) is 1.35. The second kappa shape index (κ2) is 7.23. The van der Waals surface area contributed by atoms with E-state index in [4.69, 9.17) is 25.8 Å². The summed E-state index contributed by atoms with van der Waals surface area (Å²) in [6.07, 6.45) is 2.78. The van der Waals surface area contributed by atoms with Gasteiger partial charge in [-0.15, -0.1) is 11.6 Å². The predicted octanol–water partition coefficient (Wildman–Crippen LogP) is 2.92. The number of aromatic nitrogens is 2. The summed E-state index contributed by atoms with van der Waals surface area (Å²) in [5.41, 5.74) is 1.85. The van der Waals surface area contributed by atoms with E-state index in [1.165, 1.54) is 7.11 Å². The number of hydrogen-bond acceptors (Lipinski definition) is 5. The minimum Gasteiger partial charge on any atom is -0.487 e. The molecule has 0 bridgehead atoms. The summed E-state index contributed by atoms with van der Waals surface area (Å²) in [4.78, 5) is 16.6. The van der Waals surface area contributed by atoms with E-state index in [2.05, 4.69) is 11.6 Å². The van der Waals surface area contributed by atoms with Gasteiger partial charge in [-0.05, 0) is 18.6 Å². The molecule has 0 aliphatic carbocycles. The second-order valence-electron chi connectivity index (χ2n) is 5.49. The van der Waals surface area contributed by atoms with Crippen molar-refractivity contribution in [2.45, 2.75) is 24.9 Å². The number of carbonyl (C=O) groups is 1. The van der Waals surface area contributed by atoms with E-state index in [1.807, 2.05) is 4.57 Å². The van der Waals surface area contributed by atoms with Gasteiger partial charge in [0.05, 0.1) is 36.7 Å². The number of hydrogen-bond donors (Lipinski definition) is 0. The fourth-order valence-electron chi connectivity index (χ4n) is 2.67. The molecule has 1 saturated heterocycles. The van der Waals surface area contributed by atoms with Crippen molar-refractivity contribution in [3.8, 4) is 5.75 Å². The minimum absolute atomic E-state index is 0.142. The maximum Gasteiger partial charge on any atom is 0.338 e. The maximum absolute atomic E-state index is 12.0. The number of imidazole rings is 1. The van der Waals surface area contributed by atoms with Crippen molar-refractivity contribution < 1.29 is 19.0 Å². The van der Waals surface area contributed by atoms with Crippen LogP contribution in [0.1, 0.15) is 22.6 Å². The number of halogens is 1. The van der Waals surface area contributed by atoms with Crippen LogP contribution in [0.25, 0.3) is 11.0 Å². The molecule has 1 aliphatic heterocycles. The van der Waals surface area contributed by atoms with Gasteiger partial charge in [-0.25, -0.2) is 9.78 Å². The molecule has 1 aromatic carbocycles. The fraction of sp³-hybridized carbons (Fsp3) is 0.412. The third-order valence-electron chi connectivity index (χ3n) is 3.97. The Balaban J connectivity index is 2.13. The topological polar surface area (TPSA) is 62.6 Å². The Kier molecular flexibility index (Phi) is 5.06. The largest absolute Gasteiger partial charge is 0.487 e. The molecule has 24 heavy (non-hydrogen) atoms. The van der Waals surface area contributed by atoms with E-state index in [0.717, 1.165) is 18.5 Å². The highest BCUT2D eigenvalue weighted by Crippen LogP contribution is 2.30. The highest BCUT2D eigenvalue weighted by Gasteiger charge is 2.24.